The summed E-state index contributed by atoms with van der Waals surface area (Å²) in [5, 5.41) is 3.54. The van der Waals surface area contributed by atoms with Gasteiger partial charge < -0.3 is 5.32 Å². The zero-order valence-corrected chi connectivity index (χ0v) is 11.7. The van der Waals surface area contributed by atoms with E-state index in [0.717, 1.165) is 12.3 Å². The van der Waals surface area contributed by atoms with E-state index in [9.17, 15) is 0 Å². The van der Waals surface area contributed by atoms with Gasteiger partial charge in [-0.3, -0.25) is 0 Å². The summed E-state index contributed by atoms with van der Waals surface area (Å²) < 4.78 is 0. The first-order valence-electron chi connectivity index (χ1n) is 5.96. The lowest BCUT2D eigenvalue weighted by atomic mass is 10.0. The lowest BCUT2D eigenvalue weighted by Gasteiger charge is -2.23. The molecule has 0 amide bonds. The summed E-state index contributed by atoms with van der Waals surface area (Å²) in [4.78, 5) is 0. The molecular formula is C14H24ClN. The van der Waals surface area contributed by atoms with Gasteiger partial charge in [-0.2, -0.15) is 0 Å². The number of rotatable bonds is 4. The van der Waals surface area contributed by atoms with Crippen molar-refractivity contribution in [2.24, 2.45) is 5.92 Å². The summed E-state index contributed by atoms with van der Waals surface area (Å²) in [6, 6.07) is 0. The number of allylic oxidation sites excluding steroid dienone is 2. The van der Waals surface area contributed by atoms with Gasteiger partial charge in [0, 0.05) is 23.5 Å². The molecule has 1 rings (SSSR count). The number of terminal acetylenes is 1. The quantitative estimate of drug-likeness (QED) is 0.581. The Morgan fingerprint density at radius 2 is 2.06 bits per heavy atom. The first-order valence-corrected chi connectivity index (χ1v) is 6.50. The average molecular weight is 242 g/mol. The topological polar surface area (TPSA) is 12.0 Å². The summed E-state index contributed by atoms with van der Waals surface area (Å²) in [7, 11) is 0. The van der Waals surface area contributed by atoms with E-state index < -0.39 is 0 Å². The molecule has 0 spiro atoms. The Kier molecular flexibility index (Phi) is 7.34. The average Bonchev–Trinajstić information content (AvgIpc) is 2.99. The van der Waals surface area contributed by atoms with Crippen molar-refractivity contribution < 1.29 is 0 Å². The van der Waals surface area contributed by atoms with Crippen LogP contribution in [-0.2, 0) is 0 Å². The molecule has 1 aliphatic carbocycles. The molecule has 0 aromatic heterocycles. The first-order chi connectivity index (χ1) is 7.52. The second-order valence-electron chi connectivity index (χ2n) is 4.53. The smallest absolute Gasteiger partial charge is 0.0423 e. The highest BCUT2D eigenvalue weighted by Gasteiger charge is 2.45. The van der Waals surface area contributed by atoms with Crippen molar-refractivity contribution in [3.63, 3.8) is 0 Å². The standard InChI is InChI=1S/C10H18ClN.C4H6/c1-8(2)10(5-6-10)12-9(3)4-7-11;1-3-4-2/h4,8,12H,5-7H2,1-3H3;1H,4H2,2H3/b9-4-;. The third kappa shape index (κ3) is 5.47. The fourth-order valence-corrected chi connectivity index (χ4v) is 1.77. The SMILES string of the molecule is C#CCC.C/C(=C/CCl)NC1(C(C)C)CC1. The van der Waals surface area contributed by atoms with Crippen LogP contribution in [0.25, 0.3) is 0 Å². The van der Waals surface area contributed by atoms with Crippen LogP contribution in [-0.4, -0.2) is 11.4 Å². The van der Waals surface area contributed by atoms with Gasteiger partial charge in [0.05, 0.1) is 0 Å². The number of hydrogen-bond acceptors (Lipinski definition) is 1. The molecule has 1 N–H and O–H groups in total. The van der Waals surface area contributed by atoms with Crippen molar-refractivity contribution in [3.05, 3.63) is 11.8 Å². The van der Waals surface area contributed by atoms with Crippen LogP contribution in [0.1, 0.15) is 47.0 Å². The van der Waals surface area contributed by atoms with Crippen molar-refractivity contribution in [1.82, 2.24) is 5.32 Å². The fraction of sp³-hybridized carbons (Fsp3) is 0.714. The maximum absolute atomic E-state index is 5.61. The van der Waals surface area contributed by atoms with Crippen molar-refractivity contribution in [1.29, 1.82) is 0 Å². The molecule has 1 nitrogen and oxygen atoms in total. The second kappa shape index (κ2) is 7.63. The van der Waals surface area contributed by atoms with Crippen molar-refractivity contribution in [2.45, 2.75) is 52.5 Å². The van der Waals surface area contributed by atoms with Gasteiger partial charge in [-0.05, 0) is 25.7 Å². The van der Waals surface area contributed by atoms with E-state index in [1.807, 2.05) is 13.0 Å². The molecule has 0 unspecified atom stereocenters. The Labute approximate surface area is 106 Å². The van der Waals surface area contributed by atoms with Gasteiger partial charge in [0.25, 0.3) is 0 Å². The fourth-order valence-electron chi connectivity index (χ4n) is 1.54. The number of halogens is 1. The van der Waals surface area contributed by atoms with Crippen LogP contribution in [0.3, 0.4) is 0 Å². The van der Waals surface area contributed by atoms with Crippen LogP contribution in [0, 0.1) is 18.3 Å². The van der Waals surface area contributed by atoms with Gasteiger partial charge in [-0.1, -0.05) is 26.8 Å². The highest BCUT2D eigenvalue weighted by molar-refractivity contribution is 6.18. The summed E-state index contributed by atoms with van der Waals surface area (Å²) >= 11 is 5.61. The molecule has 1 aliphatic rings. The minimum atomic E-state index is 0.395. The van der Waals surface area contributed by atoms with E-state index in [4.69, 9.17) is 18.0 Å². The minimum absolute atomic E-state index is 0.395. The largest absolute Gasteiger partial charge is 0.383 e. The second-order valence-corrected chi connectivity index (χ2v) is 4.84. The van der Waals surface area contributed by atoms with Gasteiger partial charge in [-0.25, -0.2) is 0 Å². The van der Waals surface area contributed by atoms with Gasteiger partial charge in [0.2, 0.25) is 0 Å². The first kappa shape index (κ1) is 15.4. The molecule has 92 valence electrons. The molecule has 0 radical (unpaired) electrons. The normalized spacial score (nSPS) is 17.2. The van der Waals surface area contributed by atoms with E-state index in [0.29, 0.717) is 11.4 Å². The van der Waals surface area contributed by atoms with E-state index >= 15 is 0 Å². The molecule has 1 fully saturated rings. The Hall–Kier alpha value is -0.610. The Bertz CT molecular complexity index is 256. The Morgan fingerprint density at radius 1 is 1.56 bits per heavy atom. The molecule has 0 bridgehead atoms. The van der Waals surface area contributed by atoms with E-state index in [-0.39, 0.29) is 0 Å². The Balaban J connectivity index is 0.000000487. The summed E-state index contributed by atoms with van der Waals surface area (Å²) in [5.41, 5.74) is 1.61. The predicted octanol–water partition coefficient (Wildman–Crippen LogP) is 3.94. The molecule has 2 heteroatoms. The molecule has 0 aliphatic heterocycles. The van der Waals surface area contributed by atoms with Crippen LogP contribution < -0.4 is 5.32 Å². The van der Waals surface area contributed by atoms with Crippen LogP contribution in [0.2, 0.25) is 0 Å². The van der Waals surface area contributed by atoms with Crippen molar-refractivity contribution in [2.75, 3.05) is 5.88 Å². The molecule has 0 aromatic carbocycles. The summed E-state index contributed by atoms with van der Waals surface area (Å²) in [6.45, 7) is 8.58. The van der Waals surface area contributed by atoms with Gasteiger partial charge in [0.15, 0.2) is 0 Å². The summed E-state index contributed by atoms with van der Waals surface area (Å²) in [5.74, 6) is 3.75. The number of nitrogens with one attached hydrogen (secondary N) is 1. The molecule has 0 atom stereocenters. The lowest BCUT2D eigenvalue weighted by molar-refractivity contribution is 0.411. The van der Waals surface area contributed by atoms with E-state index in [1.54, 1.807) is 0 Å². The van der Waals surface area contributed by atoms with E-state index in [1.165, 1.54) is 18.5 Å². The number of hydrogen-bond donors (Lipinski definition) is 1. The highest BCUT2D eigenvalue weighted by Crippen LogP contribution is 2.42. The van der Waals surface area contributed by atoms with E-state index in [2.05, 4.69) is 32.0 Å². The molecule has 0 aromatic rings. The maximum atomic E-state index is 5.61. The van der Waals surface area contributed by atoms with Gasteiger partial charge in [-0.15, -0.1) is 23.9 Å². The predicted molar refractivity (Wildman–Crippen MR) is 73.5 cm³/mol. The van der Waals surface area contributed by atoms with Crippen LogP contribution >= 0.6 is 11.6 Å². The number of alkyl halides is 1. The monoisotopic (exact) mass is 241 g/mol. The molecule has 1 saturated carbocycles. The van der Waals surface area contributed by atoms with Gasteiger partial charge >= 0.3 is 0 Å². The molecular weight excluding hydrogens is 218 g/mol. The zero-order chi connectivity index (χ0) is 12.6. The molecule has 16 heavy (non-hydrogen) atoms. The van der Waals surface area contributed by atoms with Crippen LogP contribution in [0.4, 0.5) is 0 Å². The van der Waals surface area contributed by atoms with Crippen LogP contribution in [0.15, 0.2) is 11.8 Å². The third-order valence-corrected chi connectivity index (χ3v) is 3.08. The maximum Gasteiger partial charge on any atom is 0.0423 e. The summed E-state index contributed by atoms with van der Waals surface area (Å²) in [6.07, 6.45) is 10.3. The van der Waals surface area contributed by atoms with Crippen molar-refractivity contribution >= 4 is 11.6 Å². The van der Waals surface area contributed by atoms with Crippen LogP contribution in [0.5, 0.6) is 0 Å². The van der Waals surface area contributed by atoms with Gasteiger partial charge in [0.1, 0.15) is 0 Å². The molecule has 0 saturated heterocycles. The highest BCUT2D eigenvalue weighted by atomic mass is 35.5. The zero-order valence-electron chi connectivity index (χ0n) is 10.9. The third-order valence-electron chi connectivity index (χ3n) is 2.93. The van der Waals surface area contributed by atoms with Crippen molar-refractivity contribution in [3.8, 4) is 12.3 Å². The minimum Gasteiger partial charge on any atom is -0.383 e. The lowest BCUT2D eigenvalue weighted by Crippen LogP contribution is -2.34. The Morgan fingerprint density at radius 3 is 2.31 bits per heavy atom. The molecule has 0 heterocycles.